The molecule has 5 heteroatoms. The van der Waals surface area contributed by atoms with E-state index >= 15 is 0 Å². The van der Waals surface area contributed by atoms with Crippen LogP contribution in [0.25, 0.3) is 0 Å². The first-order chi connectivity index (χ1) is 7.79. The molecule has 0 amide bonds. The number of nitriles is 1. The Kier molecular flexibility index (Phi) is 2.83. The third-order valence-electron chi connectivity index (χ3n) is 2.16. The standard InChI is InChI=1S/C11H11N5/c1-8-2-3-9(6-12)11(15-8)13-7-10-4-5-14-16-10/h2-5H,7H2,1H3,(H,13,15)(H,14,16). The molecule has 0 fully saturated rings. The molecule has 80 valence electrons. The van der Waals surface area contributed by atoms with Gasteiger partial charge in [0.15, 0.2) is 0 Å². The van der Waals surface area contributed by atoms with E-state index in [9.17, 15) is 0 Å². The van der Waals surface area contributed by atoms with Gasteiger partial charge in [-0.25, -0.2) is 4.98 Å². The Balaban J connectivity index is 2.15. The molecule has 0 aliphatic rings. The molecule has 2 aromatic heterocycles. The Morgan fingerprint density at radius 1 is 1.44 bits per heavy atom. The van der Waals surface area contributed by atoms with Gasteiger partial charge in [-0.2, -0.15) is 10.4 Å². The number of anilines is 1. The fourth-order valence-corrected chi connectivity index (χ4v) is 1.34. The number of H-pyrrole nitrogens is 1. The lowest BCUT2D eigenvalue weighted by atomic mass is 10.2. The van der Waals surface area contributed by atoms with Gasteiger partial charge in [-0.1, -0.05) is 0 Å². The Morgan fingerprint density at radius 3 is 3.00 bits per heavy atom. The molecule has 0 radical (unpaired) electrons. The van der Waals surface area contributed by atoms with Crippen LogP contribution in [0.5, 0.6) is 0 Å². The normalized spacial score (nSPS) is 9.75. The highest BCUT2D eigenvalue weighted by molar-refractivity contribution is 5.52. The van der Waals surface area contributed by atoms with Crippen molar-refractivity contribution in [2.24, 2.45) is 0 Å². The van der Waals surface area contributed by atoms with E-state index in [1.54, 1.807) is 12.3 Å². The van der Waals surface area contributed by atoms with Gasteiger partial charge in [0.1, 0.15) is 11.9 Å². The van der Waals surface area contributed by atoms with Gasteiger partial charge in [0.25, 0.3) is 0 Å². The zero-order valence-electron chi connectivity index (χ0n) is 8.86. The van der Waals surface area contributed by atoms with E-state index in [1.165, 1.54) is 0 Å². The third kappa shape index (κ3) is 2.17. The average Bonchev–Trinajstić information content (AvgIpc) is 2.79. The number of hydrogen-bond acceptors (Lipinski definition) is 4. The van der Waals surface area contributed by atoms with Crippen LogP contribution in [0, 0.1) is 18.3 Å². The largest absolute Gasteiger partial charge is 0.363 e. The first-order valence-electron chi connectivity index (χ1n) is 4.89. The molecule has 0 aliphatic carbocycles. The summed E-state index contributed by atoms with van der Waals surface area (Å²) in [5.74, 6) is 0.608. The molecular weight excluding hydrogens is 202 g/mol. The molecule has 2 aromatic rings. The molecule has 2 N–H and O–H groups in total. The Hall–Kier alpha value is -2.35. The number of nitrogens with zero attached hydrogens (tertiary/aromatic N) is 3. The molecule has 0 unspecified atom stereocenters. The van der Waals surface area contributed by atoms with Gasteiger partial charge in [0, 0.05) is 11.9 Å². The van der Waals surface area contributed by atoms with Crippen LogP contribution in [0.2, 0.25) is 0 Å². The number of aromatic amines is 1. The number of pyridine rings is 1. The first-order valence-corrected chi connectivity index (χ1v) is 4.89. The lowest BCUT2D eigenvalue weighted by Crippen LogP contribution is -2.04. The zero-order valence-corrected chi connectivity index (χ0v) is 8.86. The van der Waals surface area contributed by atoms with E-state index in [0.29, 0.717) is 17.9 Å². The van der Waals surface area contributed by atoms with Crippen LogP contribution in [0.15, 0.2) is 24.4 Å². The summed E-state index contributed by atoms with van der Waals surface area (Å²) in [6.07, 6.45) is 1.69. The van der Waals surface area contributed by atoms with E-state index in [2.05, 4.69) is 26.6 Å². The summed E-state index contributed by atoms with van der Waals surface area (Å²) in [5.41, 5.74) is 2.38. The maximum atomic E-state index is 8.92. The molecule has 2 heterocycles. The molecule has 0 atom stereocenters. The molecule has 0 spiro atoms. The van der Waals surface area contributed by atoms with Crippen molar-refractivity contribution in [1.29, 1.82) is 5.26 Å². The van der Waals surface area contributed by atoms with Crippen LogP contribution in [-0.2, 0) is 6.54 Å². The fourth-order valence-electron chi connectivity index (χ4n) is 1.34. The minimum Gasteiger partial charge on any atom is -0.363 e. The Morgan fingerprint density at radius 2 is 2.31 bits per heavy atom. The molecule has 0 aromatic carbocycles. The van der Waals surface area contributed by atoms with Crippen molar-refractivity contribution in [1.82, 2.24) is 15.2 Å². The van der Waals surface area contributed by atoms with Gasteiger partial charge in [-0.05, 0) is 25.1 Å². The number of rotatable bonds is 3. The van der Waals surface area contributed by atoms with Crippen molar-refractivity contribution in [3.63, 3.8) is 0 Å². The second-order valence-electron chi connectivity index (χ2n) is 3.40. The number of aromatic nitrogens is 3. The minimum atomic E-state index is 0.546. The SMILES string of the molecule is Cc1ccc(C#N)c(NCc2ccn[nH]2)n1. The molecule has 5 nitrogen and oxygen atoms in total. The minimum absolute atomic E-state index is 0.546. The summed E-state index contributed by atoms with van der Waals surface area (Å²) in [5, 5.41) is 18.7. The van der Waals surface area contributed by atoms with E-state index in [0.717, 1.165) is 11.4 Å². The molecule has 2 rings (SSSR count). The maximum Gasteiger partial charge on any atom is 0.144 e. The molecule has 0 bridgehead atoms. The van der Waals surface area contributed by atoms with Crippen LogP contribution >= 0.6 is 0 Å². The van der Waals surface area contributed by atoms with Gasteiger partial charge >= 0.3 is 0 Å². The number of nitrogens with one attached hydrogen (secondary N) is 2. The topological polar surface area (TPSA) is 77.4 Å². The smallest absolute Gasteiger partial charge is 0.144 e. The quantitative estimate of drug-likeness (QED) is 0.811. The first kappa shape index (κ1) is 10.2. The summed E-state index contributed by atoms with van der Waals surface area (Å²) in [6.45, 7) is 2.47. The predicted octanol–water partition coefficient (Wildman–Crippen LogP) is 1.60. The second kappa shape index (κ2) is 4.45. The van der Waals surface area contributed by atoms with E-state index in [1.807, 2.05) is 19.1 Å². The molecule has 0 aliphatic heterocycles. The van der Waals surface area contributed by atoms with Gasteiger partial charge in [0.2, 0.25) is 0 Å². The van der Waals surface area contributed by atoms with Crippen molar-refractivity contribution in [2.45, 2.75) is 13.5 Å². The third-order valence-corrected chi connectivity index (χ3v) is 2.16. The number of hydrogen-bond donors (Lipinski definition) is 2. The monoisotopic (exact) mass is 213 g/mol. The van der Waals surface area contributed by atoms with Crippen LogP contribution in [0.1, 0.15) is 17.0 Å². The van der Waals surface area contributed by atoms with Crippen molar-refractivity contribution in [2.75, 3.05) is 5.32 Å². The lowest BCUT2D eigenvalue weighted by molar-refractivity contribution is 0.971. The van der Waals surface area contributed by atoms with Crippen molar-refractivity contribution in [3.8, 4) is 6.07 Å². The summed E-state index contributed by atoms with van der Waals surface area (Å²) in [7, 11) is 0. The average molecular weight is 213 g/mol. The van der Waals surface area contributed by atoms with E-state index < -0.39 is 0 Å². The zero-order chi connectivity index (χ0) is 11.4. The lowest BCUT2D eigenvalue weighted by Gasteiger charge is -2.06. The van der Waals surface area contributed by atoms with Crippen LogP contribution in [-0.4, -0.2) is 15.2 Å². The predicted molar refractivity (Wildman–Crippen MR) is 59.6 cm³/mol. The van der Waals surface area contributed by atoms with Gasteiger partial charge in [0.05, 0.1) is 17.8 Å². The van der Waals surface area contributed by atoms with Crippen LogP contribution in [0.4, 0.5) is 5.82 Å². The maximum absolute atomic E-state index is 8.92. The van der Waals surface area contributed by atoms with E-state index in [-0.39, 0.29) is 0 Å². The van der Waals surface area contributed by atoms with Crippen LogP contribution < -0.4 is 5.32 Å². The summed E-state index contributed by atoms with van der Waals surface area (Å²) < 4.78 is 0. The molecule has 0 saturated heterocycles. The Bertz CT molecular complexity index is 510. The van der Waals surface area contributed by atoms with Gasteiger partial charge in [-0.15, -0.1) is 0 Å². The van der Waals surface area contributed by atoms with Crippen molar-refractivity contribution in [3.05, 3.63) is 41.3 Å². The van der Waals surface area contributed by atoms with Gasteiger partial charge in [-0.3, -0.25) is 5.10 Å². The number of aryl methyl sites for hydroxylation is 1. The fraction of sp³-hybridized carbons (Fsp3) is 0.182. The summed E-state index contributed by atoms with van der Waals surface area (Å²) in [6, 6.07) is 7.55. The summed E-state index contributed by atoms with van der Waals surface area (Å²) >= 11 is 0. The van der Waals surface area contributed by atoms with Crippen molar-refractivity contribution < 1.29 is 0 Å². The molecular formula is C11H11N5. The second-order valence-corrected chi connectivity index (χ2v) is 3.40. The molecule has 16 heavy (non-hydrogen) atoms. The highest BCUT2D eigenvalue weighted by atomic mass is 15.1. The summed E-state index contributed by atoms with van der Waals surface area (Å²) in [4.78, 5) is 4.28. The molecule has 0 saturated carbocycles. The Labute approximate surface area is 93.1 Å². The van der Waals surface area contributed by atoms with Crippen LogP contribution in [0.3, 0.4) is 0 Å². The van der Waals surface area contributed by atoms with Crippen molar-refractivity contribution >= 4 is 5.82 Å². The highest BCUT2D eigenvalue weighted by Gasteiger charge is 2.03. The van der Waals surface area contributed by atoms with E-state index in [4.69, 9.17) is 5.26 Å². The highest BCUT2D eigenvalue weighted by Crippen LogP contribution is 2.12. The van der Waals surface area contributed by atoms with Gasteiger partial charge < -0.3 is 5.32 Å².